The zero-order chi connectivity index (χ0) is 40.0. The van der Waals surface area contributed by atoms with Crippen LogP contribution >= 0.6 is 0 Å². The van der Waals surface area contributed by atoms with E-state index in [1.165, 1.54) is 33.4 Å². The average molecular weight is 755 g/mol. The zero-order valence-electron chi connectivity index (χ0n) is 32.7. The molecule has 3 rings (SSSR count). The van der Waals surface area contributed by atoms with Crippen LogP contribution in [0.25, 0.3) is 0 Å². The molecule has 302 valence electrons. The van der Waals surface area contributed by atoms with Crippen molar-refractivity contribution >= 4 is 17.7 Å². The third-order valence-corrected chi connectivity index (χ3v) is 11.3. The number of hydrogen-bond donors (Lipinski definition) is 6. The van der Waals surface area contributed by atoms with Crippen LogP contribution in [0.4, 0.5) is 0 Å². The van der Waals surface area contributed by atoms with Crippen LogP contribution in [-0.4, -0.2) is 129 Å². The monoisotopic (exact) mass is 754 g/mol. The number of cyclic esters (lactones) is 1. The van der Waals surface area contributed by atoms with Crippen molar-refractivity contribution in [2.75, 3.05) is 20.8 Å². The van der Waals surface area contributed by atoms with Crippen molar-refractivity contribution in [1.82, 2.24) is 10.4 Å². The first-order valence-electron chi connectivity index (χ1n) is 18.4. The maximum Gasteiger partial charge on any atom is 0.311 e. The first-order valence-corrected chi connectivity index (χ1v) is 18.4. The van der Waals surface area contributed by atoms with Gasteiger partial charge in [0, 0.05) is 37.5 Å². The van der Waals surface area contributed by atoms with E-state index in [0.29, 0.717) is 18.7 Å². The van der Waals surface area contributed by atoms with Crippen molar-refractivity contribution in [2.24, 2.45) is 23.7 Å². The maximum absolute atomic E-state index is 13.8. The van der Waals surface area contributed by atoms with Gasteiger partial charge in [0.2, 0.25) is 0 Å². The van der Waals surface area contributed by atoms with Gasteiger partial charge in [-0.25, -0.2) is 5.48 Å². The molecule has 15 heteroatoms. The Balaban J connectivity index is 1.93. The van der Waals surface area contributed by atoms with Gasteiger partial charge in [-0.3, -0.25) is 24.5 Å². The SMILES string of the molecule is CCC1OC(=O)[C@H](C)[C@H](O)[C@H](C)[C@@H](OC2O[C@H](C)C[C@H](N(C)Cc3ccc(OCC(=O)NO)cc3)[C@H]2O)[C@@](C)(OC)C[C@@H](C)C(=O)[C@H](C)[C@@H](O)[C@]1(C)O. The number of hydroxylamine groups is 1. The molecule has 2 fully saturated rings. The Kier molecular flexibility index (Phi) is 15.8. The molecule has 2 unspecified atom stereocenters. The molecule has 0 aliphatic carbocycles. The number of benzene rings is 1. The van der Waals surface area contributed by atoms with Crippen molar-refractivity contribution in [3.63, 3.8) is 0 Å². The molecule has 6 N–H and O–H groups in total. The number of hydrogen-bond acceptors (Lipinski definition) is 14. The van der Waals surface area contributed by atoms with E-state index in [9.17, 15) is 34.8 Å². The van der Waals surface area contributed by atoms with E-state index in [-0.39, 0.29) is 31.3 Å². The number of likely N-dealkylation sites (N-methyl/N-ethyl adjacent to an activating group) is 1. The summed E-state index contributed by atoms with van der Waals surface area (Å²) < 4.78 is 30.0. The largest absolute Gasteiger partial charge is 0.484 e. The van der Waals surface area contributed by atoms with Gasteiger partial charge in [-0.2, -0.15) is 0 Å². The van der Waals surface area contributed by atoms with E-state index in [2.05, 4.69) is 0 Å². The second kappa shape index (κ2) is 18.7. The van der Waals surface area contributed by atoms with Crippen molar-refractivity contribution < 1.29 is 63.7 Å². The van der Waals surface area contributed by atoms with Gasteiger partial charge in [-0.1, -0.05) is 39.8 Å². The summed E-state index contributed by atoms with van der Waals surface area (Å²) in [4.78, 5) is 40.5. The van der Waals surface area contributed by atoms with Crippen LogP contribution in [0.1, 0.15) is 80.2 Å². The molecule has 14 atom stereocenters. The lowest BCUT2D eigenvalue weighted by molar-refractivity contribution is -0.302. The third-order valence-electron chi connectivity index (χ3n) is 11.3. The number of aliphatic hydroxyl groups excluding tert-OH is 3. The summed E-state index contributed by atoms with van der Waals surface area (Å²) in [7, 11) is 3.32. The number of ketones is 1. The van der Waals surface area contributed by atoms with Crippen molar-refractivity contribution in [3.8, 4) is 5.75 Å². The number of esters is 1. The van der Waals surface area contributed by atoms with Crippen LogP contribution in [0.2, 0.25) is 0 Å². The second-order valence-electron chi connectivity index (χ2n) is 15.5. The Bertz CT molecular complexity index is 1360. The highest BCUT2D eigenvalue weighted by molar-refractivity contribution is 5.83. The van der Waals surface area contributed by atoms with Gasteiger partial charge < -0.3 is 44.1 Å². The fraction of sp³-hybridized carbons (Fsp3) is 0.763. The molecule has 15 nitrogen and oxygen atoms in total. The fourth-order valence-corrected chi connectivity index (χ4v) is 7.79. The molecule has 1 aromatic carbocycles. The van der Waals surface area contributed by atoms with Crippen LogP contribution in [-0.2, 0) is 39.9 Å². The number of nitrogens with zero attached hydrogens (tertiary/aromatic N) is 1. The van der Waals surface area contributed by atoms with E-state index in [4.69, 9.17) is 28.9 Å². The van der Waals surface area contributed by atoms with Gasteiger partial charge in [-0.15, -0.1) is 0 Å². The average Bonchev–Trinajstić information content (AvgIpc) is 3.13. The molecule has 1 aromatic rings. The maximum atomic E-state index is 13.8. The molecule has 2 aliphatic heterocycles. The summed E-state index contributed by atoms with van der Waals surface area (Å²) in [6.07, 6.45) is -7.14. The van der Waals surface area contributed by atoms with Crippen LogP contribution in [0.3, 0.4) is 0 Å². The van der Waals surface area contributed by atoms with Crippen LogP contribution < -0.4 is 10.2 Å². The highest BCUT2D eigenvalue weighted by Gasteiger charge is 2.52. The molecule has 0 saturated carbocycles. The molecular formula is C38H62N2O13. The van der Waals surface area contributed by atoms with Crippen molar-refractivity contribution in [2.45, 2.75) is 141 Å². The van der Waals surface area contributed by atoms with Crippen molar-refractivity contribution in [3.05, 3.63) is 29.8 Å². The standard InChI is InChI=1S/C38H62N2O13/c1-11-28-38(8,47)33(45)22(4)30(42)20(2)17-37(7,49-10)34(23(5)31(43)24(6)35(46)52-28)53-36-32(44)27(16-21(3)51-36)40(9)18-25-12-14-26(15-13-25)50-19-29(41)39-48/h12-15,20-24,27-28,31-34,36,43-45,47-48H,11,16-19H2,1-10H3,(H,39,41)/t20-,21-,22+,23+,24-,27+,28?,31-,32-,33-,34-,36?,37+,38-/m1/s1. The number of nitrogens with one attached hydrogen (secondary N) is 1. The Morgan fingerprint density at radius 3 is 2.21 bits per heavy atom. The van der Waals surface area contributed by atoms with Gasteiger partial charge in [0.25, 0.3) is 5.91 Å². The van der Waals surface area contributed by atoms with E-state index in [1.54, 1.807) is 39.8 Å². The summed E-state index contributed by atoms with van der Waals surface area (Å²) in [6.45, 7) is 13.1. The highest BCUT2D eigenvalue weighted by atomic mass is 16.7. The molecule has 2 aliphatic rings. The molecule has 1 amide bonds. The van der Waals surface area contributed by atoms with Crippen molar-refractivity contribution in [1.29, 1.82) is 0 Å². The minimum Gasteiger partial charge on any atom is -0.484 e. The molecule has 2 heterocycles. The second-order valence-corrected chi connectivity index (χ2v) is 15.5. The number of amides is 1. The Morgan fingerprint density at radius 2 is 1.64 bits per heavy atom. The first-order chi connectivity index (χ1) is 24.7. The van der Waals surface area contributed by atoms with E-state index >= 15 is 0 Å². The van der Waals surface area contributed by atoms with Gasteiger partial charge in [-0.05, 0) is 71.7 Å². The molecular weight excluding hydrogens is 692 g/mol. The summed E-state index contributed by atoms with van der Waals surface area (Å²) in [5, 5.41) is 54.8. The topological polar surface area (TPSA) is 214 Å². The third kappa shape index (κ3) is 10.5. The zero-order valence-corrected chi connectivity index (χ0v) is 32.7. The summed E-state index contributed by atoms with van der Waals surface area (Å²) in [5.74, 6) is -5.06. The molecule has 2 saturated heterocycles. The molecule has 0 radical (unpaired) electrons. The first kappa shape index (κ1) is 44.7. The number of ether oxygens (including phenoxy) is 5. The minimum absolute atomic E-state index is 0.0748. The normalized spacial score (nSPS) is 39.2. The number of methoxy groups -OCH3 is 1. The predicted molar refractivity (Wildman–Crippen MR) is 191 cm³/mol. The predicted octanol–water partition coefficient (Wildman–Crippen LogP) is 1.97. The van der Waals surface area contributed by atoms with Gasteiger partial charge >= 0.3 is 5.97 Å². The quantitative estimate of drug-likeness (QED) is 0.115. The molecule has 0 bridgehead atoms. The molecule has 0 spiro atoms. The van der Waals surface area contributed by atoms with Gasteiger partial charge in [0.15, 0.2) is 12.9 Å². The minimum atomic E-state index is -1.96. The highest BCUT2D eigenvalue weighted by Crippen LogP contribution is 2.39. The van der Waals surface area contributed by atoms with E-state index in [0.717, 1.165) is 5.56 Å². The Labute approximate surface area is 312 Å². The smallest absolute Gasteiger partial charge is 0.311 e. The van der Waals surface area contributed by atoms with Crippen LogP contribution in [0.5, 0.6) is 5.75 Å². The fourth-order valence-electron chi connectivity index (χ4n) is 7.79. The number of rotatable bonds is 10. The van der Waals surface area contributed by atoms with E-state index < -0.39 is 89.6 Å². The Morgan fingerprint density at radius 1 is 1.02 bits per heavy atom. The van der Waals surface area contributed by atoms with Crippen LogP contribution in [0.15, 0.2) is 24.3 Å². The lowest BCUT2D eigenvalue weighted by atomic mass is 9.74. The number of carbonyl (C=O) groups excluding carboxylic acids is 3. The Hall–Kier alpha value is -2.73. The number of carbonyl (C=O) groups is 3. The van der Waals surface area contributed by atoms with Gasteiger partial charge in [0.05, 0.1) is 35.9 Å². The molecule has 0 aromatic heterocycles. The number of aliphatic hydroxyl groups is 4. The summed E-state index contributed by atoms with van der Waals surface area (Å²) in [6, 6.07) is 6.61. The lowest BCUT2D eigenvalue weighted by Crippen LogP contribution is -2.60. The lowest BCUT2D eigenvalue weighted by Gasteiger charge is -2.48. The van der Waals surface area contributed by atoms with E-state index in [1.807, 2.05) is 31.0 Å². The summed E-state index contributed by atoms with van der Waals surface area (Å²) in [5.41, 5.74) is -0.827. The summed E-state index contributed by atoms with van der Waals surface area (Å²) >= 11 is 0. The molecule has 53 heavy (non-hydrogen) atoms. The van der Waals surface area contributed by atoms with Gasteiger partial charge in [0.1, 0.15) is 29.3 Å². The van der Waals surface area contributed by atoms with Crippen LogP contribution in [0, 0.1) is 23.7 Å². The number of Topliss-reactive ketones (excluding diaryl/α,β-unsaturated/α-hetero) is 1.